The second-order valence-electron chi connectivity index (χ2n) is 6.96. The fourth-order valence-corrected chi connectivity index (χ4v) is 4.50. The topological polar surface area (TPSA) is 138 Å². The second kappa shape index (κ2) is 9.01. The smallest absolute Gasteiger partial charge is 0.159 e. The number of aliphatic hydroxyl groups excluding tert-OH is 2. The Morgan fingerprint density at radius 2 is 2.23 bits per heavy atom. The van der Waals surface area contributed by atoms with Gasteiger partial charge in [0.15, 0.2) is 5.17 Å². The van der Waals surface area contributed by atoms with Crippen molar-refractivity contribution in [3.63, 3.8) is 0 Å². The van der Waals surface area contributed by atoms with Gasteiger partial charge in [-0.25, -0.2) is 4.68 Å². The molecule has 158 valence electrons. The van der Waals surface area contributed by atoms with E-state index in [1.165, 1.54) is 11.8 Å². The lowest BCUT2D eigenvalue weighted by molar-refractivity contribution is -0.157. The molecule has 0 spiro atoms. The van der Waals surface area contributed by atoms with E-state index in [9.17, 15) is 10.2 Å². The molecule has 0 radical (unpaired) electrons. The molecule has 1 aromatic carbocycles. The first-order chi connectivity index (χ1) is 14.6. The summed E-state index contributed by atoms with van der Waals surface area (Å²) in [7, 11) is 0. The third-order valence-electron chi connectivity index (χ3n) is 4.79. The van der Waals surface area contributed by atoms with Crippen LogP contribution in [0, 0.1) is 11.3 Å². The Kier molecular flexibility index (Phi) is 6.19. The summed E-state index contributed by atoms with van der Waals surface area (Å²) in [6.07, 6.45) is -1.05. The first-order valence-corrected chi connectivity index (χ1v) is 10.5. The molecule has 2 aromatic rings. The summed E-state index contributed by atoms with van der Waals surface area (Å²) in [6.45, 7) is 3.10. The number of hydrogen-bond acceptors (Lipinski definition) is 10. The molecule has 5 atom stereocenters. The Morgan fingerprint density at radius 1 is 1.37 bits per heavy atom. The van der Waals surface area contributed by atoms with Crippen LogP contribution in [0.15, 0.2) is 35.5 Å². The highest BCUT2D eigenvalue weighted by molar-refractivity contribution is 8.14. The quantitative estimate of drug-likeness (QED) is 0.589. The van der Waals surface area contributed by atoms with Crippen LogP contribution in [-0.4, -0.2) is 66.7 Å². The number of ether oxygens (including phenoxy) is 2. The number of benzene rings is 1. The monoisotopic (exact) mass is 430 g/mol. The number of nitrogens with one attached hydrogen (secondary N) is 1. The van der Waals surface area contributed by atoms with Crippen molar-refractivity contribution in [3.8, 4) is 11.8 Å². The van der Waals surface area contributed by atoms with Crippen LogP contribution in [0.4, 0.5) is 0 Å². The van der Waals surface area contributed by atoms with E-state index in [0.29, 0.717) is 22.2 Å². The molecule has 4 rings (SSSR count). The van der Waals surface area contributed by atoms with Crippen molar-refractivity contribution < 1.29 is 19.7 Å². The minimum Gasteiger partial charge on any atom is -0.487 e. The summed E-state index contributed by atoms with van der Waals surface area (Å²) in [4.78, 5) is 4.40. The Morgan fingerprint density at radius 3 is 3.03 bits per heavy atom. The minimum atomic E-state index is -1.09. The average Bonchev–Trinajstić information content (AvgIpc) is 3.37. The molecule has 30 heavy (non-hydrogen) atoms. The maximum atomic E-state index is 10.5. The van der Waals surface area contributed by atoms with Crippen LogP contribution in [0.1, 0.15) is 18.2 Å². The first-order valence-electron chi connectivity index (χ1n) is 9.59. The molecule has 0 amide bonds. The minimum absolute atomic E-state index is 0.187. The summed E-state index contributed by atoms with van der Waals surface area (Å²) in [6, 6.07) is 8.42. The number of nitrogens with zero attached hydrogens (tertiary/aromatic N) is 5. The van der Waals surface area contributed by atoms with Gasteiger partial charge in [-0.05, 0) is 25.1 Å². The van der Waals surface area contributed by atoms with E-state index in [-0.39, 0.29) is 18.6 Å². The zero-order valence-corrected chi connectivity index (χ0v) is 17.1. The third kappa shape index (κ3) is 4.41. The van der Waals surface area contributed by atoms with Crippen LogP contribution < -0.4 is 10.1 Å². The van der Waals surface area contributed by atoms with Gasteiger partial charge in [-0.1, -0.05) is 23.0 Å². The fraction of sp³-hybridized carbons (Fsp3) is 0.474. The van der Waals surface area contributed by atoms with E-state index in [2.05, 4.69) is 26.7 Å². The van der Waals surface area contributed by atoms with Crippen molar-refractivity contribution in [3.05, 3.63) is 41.7 Å². The molecule has 3 N–H and O–H groups in total. The molecule has 0 bridgehead atoms. The van der Waals surface area contributed by atoms with Crippen molar-refractivity contribution in [1.29, 1.82) is 5.26 Å². The number of thioether (sulfide) groups is 1. The molecule has 1 fully saturated rings. The SMILES string of the molecule is CCNC1=N[C@@H]2[C@@H](O)[C@H](O)[C@@H](Cn3cc(COc4cccc(C#N)c4)nn3)O[C@@H]2S1. The summed E-state index contributed by atoms with van der Waals surface area (Å²) < 4.78 is 13.2. The molecule has 10 nitrogen and oxygen atoms in total. The second-order valence-corrected chi connectivity index (χ2v) is 8.04. The first kappa shape index (κ1) is 20.6. The maximum Gasteiger partial charge on any atom is 0.159 e. The number of aromatic nitrogens is 3. The van der Waals surface area contributed by atoms with Crippen molar-refractivity contribution in [2.45, 2.75) is 49.9 Å². The molecule has 2 aliphatic rings. The van der Waals surface area contributed by atoms with Gasteiger partial charge in [0.05, 0.1) is 24.4 Å². The highest BCUT2D eigenvalue weighted by atomic mass is 32.2. The predicted octanol–water partition coefficient (Wildman–Crippen LogP) is 0.256. The lowest BCUT2D eigenvalue weighted by atomic mass is 9.98. The normalized spacial score (nSPS) is 27.8. The van der Waals surface area contributed by atoms with E-state index >= 15 is 0 Å². The molecule has 3 heterocycles. The predicted molar refractivity (Wildman–Crippen MR) is 109 cm³/mol. The van der Waals surface area contributed by atoms with E-state index in [4.69, 9.17) is 14.7 Å². The third-order valence-corrected chi connectivity index (χ3v) is 5.89. The molecule has 11 heteroatoms. The highest BCUT2D eigenvalue weighted by Crippen LogP contribution is 2.36. The Labute approximate surface area is 177 Å². The van der Waals surface area contributed by atoms with E-state index in [1.807, 2.05) is 6.92 Å². The Bertz CT molecular complexity index is 960. The van der Waals surface area contributed by atoms with Gasteiger partial charge in [0.2, 0.25) is 0 Å². The summed E-state index contributed by atoms with van der Waals surface area (Å²) in [5.74, 6) is 0.568. The number of aliphatic hydroxyl groups is 2. The van der Waals surface area contributed by atoms with Crippen LogP contribution in [0.2, 0.25) is 0 Å². The molecule has 2 aliphatic heterocycles. The van der Waals surface area contributed by atoms with E-state index in [1.54, 1.807) is 35.1 Å². The van der Waals surface area contributed by atoms with E-state index < -0.39 is 24.4 Å². The maximum absolute atomic E-state index is 10.5. The van der Waals surface area contributed by atoms with Crippen molar-refractivity contribution in [2.24, 2.45) is 4.99 Å². The number of fused-ring (bicyclic) bond motifs is 1. The van der Waals surface area contributed by atoms with Crippen LogP contribution >= 0.6 is 11.8 Å². The van der Waals surface area contributed by atoms with Crippen LogP contribution in [0.5, 0.6) is 5.75 Å². The van der Waals surface area contributed by atoms with Crippen LogP contribution in [0.3, 0.4) is 0 Å². The van der Waals surface area contributed by atoms with Crippen molar-refractivity contribution >= 4 is 16.9 Å². The van der Waals surface area contributed by atoms with Gasteiger partial charge in [0, 0.05) is 6.54 Å². The summed E-state index contributed by atoms with van der Waals surface area (Å²) >= 11 is 1.41. The fourth-order valence-electron chi connectivity index (χ4n) is 3.31. The average molecular weight is 430 g/mol. The lowest BCUT2D eigenvalue weighted by Gasteiger charge is -2.38. The van der Waals surface area contributed by atoms with Crippen LogP contribution in [0.25, 0.3) is 0 Å². The number of amidine groups is 1. The highest BCUT2D eigenvalue weighted by Gasteiger charge is 2.48. The molecular weight excluding hydrogens is 408 g/mol. The van der Waals surface area contributed by atoms with Gasteiger partial charge in [-0.2, -0.15) is 5.26 Å². The molecule has 0 aliphatic carbocycles. The van der Waals surface area contributed by atoms with Crippen LogP contribution in [-0.2, 0) is 17.9 Å². The number of hydrogen-bond donors (Lipinski definition) is 3. The zero-order valence-electron chi connectivity index (χ0n) is 16.3. The van der Waals surface area contributed by atoms with Gasteiger partial charge in [0.1, 0.15) is 47.8 Å². The van der Waals surface area contributed by atoms with Gasteiger partial charge < -0.3 is 25.0 Å². The Hall–Kier alpha value is -2.65. The molecule has 0 saturated carbocycles. The van der Waals surface area contributed by atoms with Gasteiger partial charge in [-0.3, -0.25) is 4.99 Å². The lowest BCUT2D eigenvalue weighted by Crippen LogP contribution is -2.55. The zero-order chi connectivity index (χ0) is 21.1. The van der Waals surface area contributed by atoms with Crippen molar-refractivity contribution in [1.82, 2.24) is 20.3 Å². The van der Waals surface area contributed by atoms with E-state index in [0.717, 1.165) is 6.54 Å². The standard InChI is InChI=1S/C19H22N6O4S/c1-2-21-19-22-15-17(27)16(26)14(29-18(15)30-19)9-25-8-12(23-24-25)10-28-13-5-3-4-11(6-13)7-20/h3-6,8,14-18,26-27H,2,9-10H2,1H3,(H,21,22)/t14-,15-,16-,17-,18-/m1/s1. The van der Waals surface area contributed by atoms with Gasteiger partial charge in [0.25, 0.3) is 0 Å². The van der Waals surface area contributed by atoms with Crippen molar-refractivity contribution in [2.75, 3.05) is 6.54 Å². The Balaban J connectivity index is 1.35. The summed E-state index contributed by atoms with van der Waals surface area (Å²) in [5.41, 5.74) is 0.748. The number of rotatable bonds is 6. The summed E-state index contributed by atoms with van der Waals surface area (Å²) in [5, 5.41) is 41.9. The molecule has 1 aromatic heterocycles. The largest absolute Gasteiger partial charge is 0.487 e. The van der Waals surface area contributed by atoms with Gasteiger partial charge >= 0.3 is 0 Å². The molecular formula is C19H22N6O4S. The van der Waals surface area contributed by atoms with Gasteiger partial charge in [-0.15, -0.1) is 5.10 Å². The number of aliphatic imine (C=N–C) groups is 1. The molecule has 1 saturated heterocycles. The number of nitriles is 1. The molecule has 0 unspecified atom stereocenters.